The molecule has 3 rings (SSSR count). The number of amides is 2. The van der Waals surface area contributed by atoms with Gasteiger partial charge in [0.05, 0.1) is 6.54 Å². The molecule has 0 atom stereocenters. The Balaban J connectivity index is 1.42. The van der Waals surface area contributed by atoms with Gasteiger partial charge in [0.2, 0.25) is 11.8 Å². The van der Waals surface area contributed by atoms with E-state index in [9.17, 15) is 9.59 Å². The van der Waals surface area contributed by atoms with Crippen LogP contribution in [0.1, 0.15) is 17.5 Å². The van der Waals surface area contributed by atoms with E-state index in [1.54, 1.807) is 17.0 Å². The predicted octanol–water partition coefficient (Wildman–Crippen LogP) is 3.00. The van der Waals surface area contributed by atoms with Crippen LogP contribution in [0.3, 0.4) is 0 Å². The van der Waals surface area contributed by atoms with E-state index in [2.05, 4.69) is 5.32 Å². The van der Waals surface area contributed by atoms with Gasteiger partial charge in [0.1, 0.15) is 0 Å². The third kappa shape index (κ3) is 5.55. The molecule has 0 unspecified atom stereocenters. The van der Waals surface area contributed by atoms with Crippen molar-refractivity contribution in [1.82, 2.24) is 10.2 Å². The average Bonchev–Trinajstić information content (AvgIpc) is 2.66. The standard InChI is InChI=1S/C21H24ClN3O2/c1-16-5-7-17(8-6-16)14-23-20(26)9-10-24-11-12-25(21(27)15-24)19-4-2-3-18(22)13-19/h2-8,13H,9-12,14-15H2,1H3,(H,23,26). The fourth-order valence-corrected chi connectivity index (χ4v) is 3.27. The summed E-state index contributed by atoms with van der Waals surface area (Å²) in [5, 5.41) is 3.55. The van der Waals surface area contributed by atoms with E-state index in [1.165, 1.54) is 5.56 Å². The molecule has 0 radical (unpaired) electrons. The molecule has 2 aromatic rings. The van der Waals surface area contributed by atoms with E-state index < -0.39 is 0 Å². The first-order valence-electron chi connectivity index (χ1n) is 9.12. The van der Waals surface area contributed by atoms with Gasteiger partial charge < -0.3 is 10.2 Å². The second-order valence-electron chi connectivity index (χ2n) is 6.81. The lowest BCUT2D eigenvalue weighted by Gasteiger charge is -2.34. The molecular formula is C21H24ClN3O2. The molecule has 2 aromatic carbocycles. The molecule has 1 fully saturated rings. The summed E-state index contributed by atoms with van der Waals surface area (Å²) >= 11 is 6.01. The molecular weight excluding hydrogens is 362 g/mol. The molecule has 0 aromatic heterocycles. The predicted molar refractivity (Wildman–Crippen MR) is 108 cm³/mol. The van der Waals surface area contributed by atoms with Crippen LogP contribution in [0.2, 0.25) is 5.02 Å². The van der Waals surface area contributed by atoms with Gasteiger partial charge in [-0.15, -0.1) is 0 Å². The van der Waals surface area contributed by atoms with Gasteiger partial charge in [-0.25, -0.2) is 0 Å². The highest BCUT2D eigenvalue weighted by Crippen LogP contribution is 2.21. The highest BCUT2D eigenvalue weighted by atomic mass is 35.5. The van der Waals surface area contributed by atoms with Gasteiger partial charge in [0.25, 0.3) is 0 Å². The summed E-state index contributed by atoms with van der Waals surface area (Å²) in [7, 11) is 0. The number of hydrogen-bond acceptors (Lipinski definition) is 3. The Hall–Kier alpha value is -2.37. The van der Waals surface area contributed by atoms with Crippen LogP contribution in [-0.4, -0.2) is 42.9 Å². The zero-order chi connectivity index (χ0) is 19.2. The van der Waals surface area contributed by atoms with Gasteiger partial charge in [0.15, 0.2) is 0 Å². The molecule has 1 aliphatic heterocycles. The molecule has 0 bridgehead atoms. The van der Waals surface area contributed by atoms with Crippen molar-refractivity contribution in [3.63, 3.8) is 0 Å². The lowest BCUT2D eigenvalue weighted by atomic mass is 10.1. The molecule has 0 aliphatic carbocycles. The summed E-state index contributed by atoms with van der Waals surface area (Å²) in [6.07, 6.45) is 0.385. The molecule has 1 aliphatic rings. The topological polar surface area (TPSA) is 52.7 Å². The summed E-state index contributed by atoms with van der Waals surface area (Å²) in [6.45, 7) is 4.80. The maximum absolute atomic E-state index is 12.4. The minimum Gasteiger partial charge on any atom is -0.352 e. The van der Waals surface area contributed by atoms with Gasteiger partial charge >= 0.3 is 0 Å². The second kappa shape index (κ2) is 9.02. The van der Waals surface area contributed by atoms with Crippen molar-refractivity contribution in [1.29, 1.82) is 0 Å². The summed E-state index contributed by atoms with van der Waals surface area (Å²) in [6, 6.07) is 15.4. The van der Waals surface area contributed by atoms with Gasteiger partial charge in [-0.3, -0.25) is 14.5 Å². The maximum Gasteiger partial charge on any atom is 0.241 e. The Morgan fingerprint density at radius 3 is 2.63 bits per heavy atom. The molecule has 1 N–H and O–H groups in total. The van der Waals surface area contributed by atoms with Crippen LogP contribution in [0.15, 0.2) is 48.5 Å². The first kappa shape index (κ1) is 19.4. The van der Waals surface area contributed by atoms with E-state index in [0.29, 0.717) is 37.6 Å². The summed E-state index contributed by atoms with van der Waals surface area (Å²) in [4.78, 5) is 28.3. The van der Waals surface area contributed by atoms with E-state index in [0.717, 1.165) is 17.8 Å². The first-order valence-corrected chi connectivity index (χ1v) is 9.49. The Kier molecular flexibility index (Phi) is 6.48. The lowest BCUT2D eigenvalue weighted by Crippen LogP contribution is -2.51. The van der Waals surface area contributed by atoms with Gasteiger partial charge in [-0.1, -0.05) is 47.5 Å². The average molecular weight is 386 g/mol. The SMILES string of the molecule is Cc1ccc(CNC(=O)CCN2CCN(c3cccc(Cl)c3)C(=O)C2)cc1. The van der Waals surface area contributed by atoms with Crippen LogP contribution in [0, 0.1) is 6.92 Å². The van der Waals surface area contributed by atoms with Crippen LogP contribution >= 0.6 is 11.6 Å². The van der Waals surface area contributed by atoms with Crippen molar-refractivity contribution in [3.8, 4) is 0 Å². The number of benzene rings is 2. The molecule has 1 heterocycles. The quantitative estimate of drug-likeness (QED) is 0.831. The van der Waals surface area contributed by atoms with Crippen LogP contribution < -0.4 is 10.2 Å². The number of nitrogens with zero attached hydrogens (tertiary/aromatic N) is 2. The van der Waals surface area contributed by atoms with Crippen LogP contribution in [0.4, 0.5) is 5.69 Å². The number of hydrogen-bond donors (Lipinski definition) is 1. The largest absolute Gasteiger partial charge is 0.352 e. The second-order valence-corrected chi connectivity index (χ2v) is 7.25. The smallest absolute Gasteiger partial charge is 0.241 e. The highest BCUT2D eigenvalue weighted by molar-refractivity contribution is 6.30. The van der Waals surface area contributed by atoms with Crippen molar-refractivity contribution in [3.05, 3.63) is 64.7 Å². The van der Waals surface area contributed by atoms with E-state index in [4.69, 9.17) is 11.6 Å². The van der Waals surface area contributed by atoms with Crippen molar-refractivity contribution < 1.29 is 9.59 Å². The van der Waals surface area contributed by atoms with Crippen molar-refractivity contribution in [2.24, 2.45) is 0 Å². The monoisotopic (exact) mass is 385 g/mol. The van der Waals surface area contributed by atoms with E-state index in [1.807, 2.05) is 48.2 Å². The number of halogens is 1. The Bertz CT molecular complexity index is 807. The third-order valence-electron chi connectivity index (χ3n) is 4.69. The fraction of sp³-hybridized carbons (Fsp3) is 0.333. The molecule has 2 amide bonds. The number of piperazine rings is 1. The number of carbonyl (C=O) groups is 2. The number of anilines is 1. The number of rotatable bonds is 6. The molecule has 1 saturated heterocycles. The molecule has 5 nitrogen and oxygen atoms in total. The zero-order valence-electron chi connectivity index (χ0n) is 15.5. The summed E-state index contributed by atoms with van der Waals surface area (Å²) < 4.78 is 0. The fourth-order valence-electron chi connectivity index (χ4n) is 3.08. The normalized spacial score (nSPS) is 15.0. The van der Waals surface area contributed by atoms with Crippen molar-refractivity contribution >= 4 is 29.1 Å². The Morgan fingerprint density at radius 1 is 1.15 bits per heavy atom. The Morgan fingerprint density at radius 2 is 1.93 bits per heavy atom. The minimum absolute atomic E-state index is 0.000273. The first-order chi connectivity index (χ1) is 13.0. The van der Waals surface area contributed by atoms with E-state index >= 15 is 0 Å². The van der Waals surface area contributed by atoms with Crippen molar-refractivity contribution in [2.75, 3.05) is 31.1 Å². The molecule has 0 spiro atoms. The van der Waals surface area contributed by atoms with Crippen molar-refractivity contribution in [2.45, 2.75) is 19.9 Å². The summed E-state index contributed by atoms with van der Waals surface area (Å²) in [5.41, 5.74) is 3.11. The van der Waals surface area contributed by atoms with Gasteiger partial charge in [0, 0.05) is 43.3 Å². The van der Waals surface area contributed by atoms with Gasteiger partial charge in [-0.2, -0.15) is 0 Å². The number of nitrogens with one attached hydrogen (secondary N) is 1. The maximum atomic E-state index is 12.4. The van der Waals surface area contributed by atoms with Crippen LogP contribution in [0.25, 0.3) is 0 Å². The summed E-state index contributed by atoms with van der Waals surface area (Å²) in [5.74, 6) is 0.0314. The van der Waals surface area contributed by atoms with Gasteiger partial charge in [-0.05, 0) is 30.7 Å². The molecule has 6 heteroatoms. The molecule has 27 heavy (non-hydrogen) atoms. The number of carbonyl (C=O) groups excluding carboxylic acids is 2. The zero-order valence-corrected chi connectivity index (χ0v) is 16.2. The highest BCUT2D eigenvalue weighted by Gasteiger charge is 2.25. The van der Waals surface area contributed by atoms with E-state index in [-0.39, 0.29) is 11.8 Å². The van der Waals surface area contributed by atoms with Crippen LogP contribution in [-0.2, 0) is 16.1 Å². The van der Waals surface area contributed by atoms with Crippen LogP contribution in [0.5, 0.6) is 0 Å². The lowest BCUT2D eigenvalue weighted by molar-refractivity contribution is -0.124. The molecule has 0 saturated carbocycles. The Labute approximate surface area is 164 Å². The minimum atomic E-state index is 0.000273. The molecule has 142 valence electrons. The third-order valence-corrected chi connectivity index (χ3v) is 4.92. The number of aryl methyl sites for hydroxylation is 1.